The molecule has 0 unspecified atom stereocenters. The van der Waals surface area contributed by atoms with Gasteiger partial charge in [-0.15, -0.1) is 10.2 Å². The molecule has 2 saturated carbocycles. The van der Waals surface area contributed by atoms with E-state index < -0.39 is 43.9 Å². The standard InChI is InChI=1S/C27H33F3N6O5S2/c1-15-20(37)25(14-41-15)8-10-35(11-9-25)17-12-16(43(38,39)34-24(2)4-5-24)13-36-18(22-32-33-23(42-22)27(28,29)30)19(31-21(17)36)26(40-3)6-7-26/h12-13,15,20,34,37H,4-11,14H2,1-3H3/t15-,20+/m1/s1. The molecular formula is C27H33F3N6O5S2. The number of aromatic nitrogens is 4. The molecule has 11 nitrogen and oxygen atoms in total. The summed E-state index contributed by atoms with van der Waals surface area (Å²) in [6, 6.07) is 1.58. The van der Waals surface area contributed by atoms with E-state index in [4.69, 9.17) is 14.5 Å². The van der Waals surface area contributed by atoms with E-state index in [1.807, 2.05) is 18.7 Å². The topological polar surface area (TPSA) is 131 Å². The Balaban J connectivity index is 1.40. The normalized spacial score (nSPS) is 26.0. The molecule has 2 N–H and O–H groups in total. The van der Waals surface area contributed by atoms with Gasteiger partial charge in [0.25, 0.3) is 0 Å². The molecule has 3 aromatic rings. The van der Waals surface area contributed by atoms with Crippen molar-refractivity contribution in [3.8, 4) is 10.7 Å². The number of aliphatic hydroxyl groups is 1. The smallest absolute Gasteiger partial charge is 0.390 e. The van der Waals surface area contributed by atoms with Gasteiger partial charge in [-0.3, -0.25) is 4.40 Å². The lowest BCUT2D eigenvalue weighted by atomic mass is 9.74. The van der Waals surface area contributed by atoms with Gasteiger partial charge in [0.2, 0.25) is 15.0 Å². The Bertz CT molecular complexity index is 1690. The fourth-order valence-electron chi connectivity index (χ4n) is 6.37. The van der Waals surface area contributed by atoms with Gasteiger partial charge in [0.05, 0.1) is 24.5 Å². The first-order valence-corrected chi connectivity index (χ1v) is 16.6. The molecule has 1 spiro atoms. The number of hydrogen-bond acceptors (Lipinski definition) is 10. The first kappa shape index (κ1) is 29.3. The highest BCUT2D eigenvalue weighted by atomic mass is 32.2. The molecule has 43 heavy (non-hydrogen) atoms. The summed E-state index contributed by atoms with van der Waals surface area (Å²) in [6.45, 7) is 5.14. The number of pyridine rings is 1. The average molecular weight is 643 g/mol. The molecule has 0 bridgehead atoms. The van der Waals surface area contributed by atoms with Crippen molar-refractivity contribution in [2.45, 2.75) is 86.8 Å². The number of anilines is 1. The highest BCUT2D eigenvalue weighted by Gasteiger charge is 2.51. The van der Waals surface area contributed by atoms with E-state index in [0.29, 0.717) is 86.6 Å². The van der Waals surface area contributed by atoms with Gasteiger partial charge in [0, 0.05) is 37.4 Å². The van der Waals surface area contributed by atoms with Crippen molar-refractivity contribution in [3.05, 3.63) is 23.0 Å². The molecule has 5 heterocycles. The van der Waals surface area contributed by atoms with Gasteiger partial charge in [-0.05, 0) is 58.4 Å². The van der Waals surface area contributed by atoms with Crippen molar-refractivity contribution in [2.24, 2.45) is 5.41 Å². The number of alkyl halides is 3. The van der Waals surface area contributed by atoms with Crippen LogP contribution < -0.4 is 9.62 Å². The Morgan fingerprint density at radius 2 is 1.86 bits per heavy atom. The zero-order chi connectivity index (χ0) is 30.6. The molecule has 3 aromatic heterocycles. The number of imidazole rings is 1. The molecular weight excluding hydrogens is 609 g/mol. The molecule has 0 radical (unpaired) electrons. The van der Waals surface area contributed by atoms with Crippen LogP contribution in [0.1, 0.15) is 63.1 Å². The summed E-state index contributed by atoms with van der Waals surface area (Å²) in [5, 5.41) is 17.0. The number of methoxy groups -OCH3 is 1. The van der Waals surface area contributed by atoms with Gasteiger partial charge in [-0.25, -0.2) is 18.1 Å². The fraction of sp³-hybridized carbons (Fsp3) is 0.667. The number of halogens is 3. The van der Waals surface area contributed by atoms with Crippen LogP contribution in [-0.4, -0.2) is 77.7 Å². The monoisotopic (exact) mass is 642 g/mol. The van der Waals surface area contributed by atoms with Crippen molar-refractivity contribution >= 4 is 32.7 Å². The molecule has 4 fully saturated rings. The SMILES string of the molecule is COC1(c2nc3c(N4CCC5(CC4)CO[C@H](C)[C@@H]5O)cc(S(=O)(=O)NC4(C)CC4)cn3c2-c2nnc(C(F)(F)F)s2)CC1. The summed E-state index contributed by atoms with van der Waals surface area (Å²) in [6.07, 6.45) is -0.294. The maximum absolute atomic E-state index is 13.7. The van der Waals surface area contributed by atoms with Gasteiger partial charge >= 0.3 is 6.18 Å². The third-order valence-corrected chi connectivity index (χ3v) is 12.1. The highest BCUT2D eigenvalue weighted by molar-refractivity contribution is 7.89. The second kappa shape index (κ2) is 9.57. The number of ether oxygens (including phenoxy) is 2. The molecule has 2 aliphatic heterocycles. The Labute approximate surface area is 250 Å². The molecule has 234 valence electrons. The Morgan fingerprint density at radius 3 is 2.40 bits per heavy atom. The maximum Gasteiger partial charge on any atom is 0.445 e. The van der Waals surface area contributed by atoms with Gasteiger partial charge in [-0.2, -0.15) is 13.2 Å². The van der Waals surface area contributed by atoms with Crippen molar-refractivity contribution in [1.29, 1.82) is 0 Å². The zero-order valence-corrected chi connectivity index (χ0v) is 25.6. The van der Waals surface area contributed by atoms with Crippen LogP contribution in [0.4, 0.5) is 18.9 Å². The first-order valence-electron chi connectivity index (χ1n) is 14.3. The Hall–Kier alpha value is -2.37. The number of sulfonamides is 1. The number of nitrogens with one attached hydrogen (secondary N) is 1. The minimum absolute atomic E-state index is 0.0291. The summed E-state index contributed by atoms with van der Waals surface area (Å²) in [4.78, 5) is 6.93. The van der Waals surface area contributed by atoms with E-state index in [2.05, 4.69) is 14.9 Å². The van der Waals surface area contributed by atoms with E-state index in [-0.39, 0.29) is 21.7 Å². The van der Waals surface area contributed by atoms with Gasteiger partial charge in [0.1, 0.15) is 21.9 Å². The number of fused-ring (bicyclic) bond motifs is 1. The van der Waals surface area contributed by atoms with Crippen LogP contribution in [0.25, 0.3) is 16.3 Å². The summed E-state index contributed by atoms with van der Waals surface area (Å²) in [7, 11) is -2.48. The van der Waals surface area contributed by atoms with Crippen LogP contribution in [-0.2, 0) is 31.3 Å². The van der Waals surface area contributed by atoms with E-state index in [1.165, 1.54) is 17.7 Å². The van der Waals surface area contributed by atoms with Crippen molar-refractivity contribution in [1.82, 2.24) is 24.3 Å². The molecule has 16 heteroatoms. The first-order chi connectivity index (χ1) is 20.2. The van der Waals surface area contributed by atoms with Crippen LogP contribution in [0.2, 0.25) is 0 Å². The van der Waals surface area contributed by atoms with Gasteiger partial charge < -0.3 is 19.5 Å². The van der Waals surface area contributed by atoms with Crippen LogP contribution >= 0.6 is 11.3 Å². The molecule has 0 aromatic carbocycles. The summed E-state index contributed by atoms with van der Waals surface area (Å²) in [5.41, 5.74) is -0.201. The number of hydrogen-bond donors (Lipinski definition) is 2. The molecule has 2 atom stereocenters. The van der Waals surface area contributed by atoms with Crippen molar-refractivity contribution in [2.75, 3.05) is 31.7 Å². The zero-order valence-electron chi connectivity index (χ0n) is 23.9. The molecule has 0 amide bonds. The second-order valence-corrected chi connectivity index (χ2v) is 15.3. The summed E-state index contributed by atoms with van der Waals surface area (Å²) < 4.78 is 84.0. The predicted molar refractivity (Wildman–Crippen MR) is 150 cm³/mol. The number of aliphatic hydroxyl groups excluding tert-OH is 1. The predicted octanol–water partition coefficient (Wildman–Crippen LogP) is 3.70. The van der Waals surface area contributed by atoms with Crippen LogP contribution in [0.15, 0.2) is 17.2 Å². The fourth-order valence-corrected chi connectivity index (χ4v) is 8.60. The number of rotatable bonds is 7. The maximum atomic E-state index is 13.7. The molecule has 2 saturated heterocycles. The van der Waals surface area contributed by atoms with Crippen LogP contribution in [0.3, 0.4) is 0 Å². The third-order valence-electron chi connectivity index (χ3n) is 9.57. The summed E-state index contributed by atoms with van der Waals surface area (Å²) in [5.74, 6) is 0. The summed E-state index contributed by atoms with van der Waals surface area (Å²) >= 11 is 0.385. The van der Waals surface area contributed by atoms with Crippen LogP contribution in [0.5, 0.6) is 0 Å². The Kier molecular flexibility index (Phi) is 6.53. The van der Waals surface area contributed by atoms with Crippen LogP contribution in [0, 0.1) is 5.41 Å². The minimum Gasteiger partial charge on any atom is -0.390 e. The molecule has 4 aliphatic rings. The van der Waals surface area contributed by atoms with Crippen molar-refractivity contribution in [3.63, 3.8) is 0 Å². The van der Waals surface area contributed by atoms with E-state index in [9.17, 15) is 26.7 Å². The number of piperidine rings is 1. The van der Waals surface area contributed by atoms with Gasteiger partial charge in [-0.1, -0.05) is 11.3 Å². The lowest BCUT2D eigenvalue weighted by Crippen LogP contribution is -2.47. The van der Waals surface area contributed by atoms with E-state index >= 15 is 0 Å². The second-order valence-electron chi connectivity index (χ2n) is 12.6. The third kappa shape index (κ3) is 4.84. The Morgan fingerprint density at radius 1 is 1.16 bits per heavy atom. The average Bonchev–Trinajstić information content (AvgIpc) is 3.75. The van der Waals surface area contributed by atoms with E-state index in [1.54, 1.807) is 6.07 Å². The molecule has 7 rings (SSSR count). The quantitative estimate of drug-likeness (QED) is 0.396. The lowest BCUT2D eigenvalue weighted by molar-refractivity contribution is -0.138. The lowest BCUT2D eigenvalue weighted by Gasteiger charge is -2.41. The van der Waals surface area contributed by atoms with E-state index in [0.717, 1.165) is 0 Å². The van der Waals surface area contributed by atoms with Gasteiger partial charge in [0.15, 0.2) is 10.7 Å². The minimum atomic E-state index is -4.69. The van der Waals surface area contributed by atoms with Crippen molar-refractivity contribution < 1.29 is 36.2 Å². The highest BCUT2D eigenvalue weighted by Crippen LogP contribution is 2.53. The number of nitrogens with zero attached hydrogens (tertiary/aromatic N) is 5. The molecule has 2 aliphatic carbocycles. The largest absolute Gasteiger partial charge is 0.445 e.